The predicted molar refractivity (Wildman–Crippen MR) is 67.0 cm³/mol. The molecule has 17 heavy (non-hydrogen) atoms. The van der Waals surface area contributed by atoms with Crippen molar-refractivity contribution in [1.82, 2.24) is 9.55 Å². The Bertz CT molecular complexity index is 505. The fraction of sp³-hybridized carbons (Fsp3) is 0.308. The fourth-order valence-electron chi connectivity index (χ4n) is 1.80. The van der Waals surface area contributed by atoms with Gasteiger partial charge >= 0.3 is 0 Å². The molecule has 0 saturated carbocycles. The maximum Gasteiger partial charge on any atom is 0.119 e. The smallest absolute Gasteiger partial charge is 0.119 e. The van der Waals surface area contributed by atoms with Crippen LogP contribution in [-0.4, -0.2) is 16.7 Å². The molecule has 1 heterocycles. The SMILES string of the molecule is COc1cccc(Cn2cc(CN)nc2C)c1. The summed E-state index contributed by atoms with van der Waals surface area (Å²) in [6.45, 7) is 3.25. The predicted octanol–water partition coefficient (Wildman–Crippen LogP) is 1.71. The van der Waals surface area contributed by atoms with E-state index in [4.69, 9.17) is 10.5 Å². The highest BCUT2D eigenvalue weighted by atomic mass is 16.5. The number of imidazole rings is 1. The van der Waals surface area contributed by atoms with Crippen LogP contribution in [0.2, 0.25) is 0 Å². The fourth-order valence-corrected chi connectivity index (χ4v) is 1.80. The van der Waals surface area contributed by atoms with E-state index in [1.54, 1.807) is 7.11 Å². The van der Waals surface area contributed by atoms with Crippen molar-refractivity contribution in [1.29, 1.82) is 0 Å². The summed E-state index contributed by atoms with van der Waals surface area (Å²) in [6, 6.07) is 8.03. The van der Waals surface area contributed by atoms with Crippen LogP contribution >= 0.6 is 0 Å². The minimum atomic E-state index is 0.478. The maximum atomic E-state index is 5.58. The number of aryl methyl sites for hydroxylation is 1. The largest absolute Gasteiger partial charge is 0.497 e. The Morgan fingerprint density at radius 3 is 2.88 bits per heavy atom. The first-order valence-electron chi connectivity index (χ1n) is 5.58. The number of methoxy groups -OCH3 is 1. The summed E-state index contributed by atoms with van der Waals surface area (Å²) in [5.74, 6) is 1.85. The van der Waals surface area contributed by atoms with Gasteiger partial charge in [0.05, 0.1) is 12.8 Å². The lowest BCUT2D eigenvalue weighted by atomic mass is 10.2. The zero-order chi connectivity index (χ0) is 12.3. The zero-order valence-electron chi connectivity index (χ0n) is 10.2. The molecule has 0 aliphatic heterocycles. The van der Waals surface area contributed by atoms with E-state index in [0.717, 1.165) is 23.8 Å². The second-order valence-electron chi connectivity index (χ2n) is 3.96. The lowest BCUT2D eigenvalue weighted by Crippen LogP contribution is -2.01. The second-order valence-corrected chi connectivity index (χ2v) is 3.96. The summed E-state index contributed by atoms with van der Waals surface area (Å²) < 4.78 is 7.30. The molecule has 2 rings (SSSR count). The van der Waals surface area contributed by atoms with Crippen molar-refractivity contribution in [2.75, 3.05) is 7.11 Å². The summed E-state index contributed by atoms with van der Waals surface area (Å²) in [5.41, 5.74) is 7.69. The molecule has 90 valence electrons. The quantitative estimate of drug-likeness (QED) is 0.871. The topological polar surface area (TPSA) is 53.1 Å². The Kier molecular flexibility index (Phi) is 3.44. The van der Waals surface area contributed by atoms with Gasteiger partial charge in [0.15, 0.2) is 0 Å². The average Bonchev–Trinajstić information content (AvgIpc) is 2.70. The van der Waals surface area contributed by atoms with E-state index in [1.807, 2.05) is 31.3 Å². The van der Waals surface area contributed by atoms with Crippen molar-refractivity contribution >= 4 is 0 Å². The third kappa shape index (κ3) is 2.65. The van der Waals surface area contributed by atoms with Crippen LogP contribution in [0.3, 0.4) is 0 Å². The van der Waals surface area contributed by atoms with Crippen LogP contribution in [0, 0.1) is 6.92 Å². The minimum Gasteiger partial charge on any atom is -0.497 e. The molecule has 4 heteroatoms. The highest BCUT2D eigenvalue weighted by Crippen LogP contribution is 2.14. The van der Waals surface area contributed by atoms with Gasteiger partial charge in [-0.1, -0.05) is 12.1 Å². The Morgan fingerprint density at radius 1 is 1.41 bits per heavy atom. The molecule has 0 amide bonds. The van der Waals surface area contributed by atoms with Crippen LogP contribution < -0.4 is 10.5 Å². The average molecular weight is 231 g/mol. The van der Waals surface area contributed by atoms with Gasteiger partial charge in [-0.05, 0) is 24.6 Å². The number of nitrogens with zero attached hydrogens (tertiary/aromatic N) is 2. The van der Waals surface area contributed by atoms with Crippen molar-refractivity contribution in [3.63, 3.8) is 0 Å². The molecule has 0 bridgehead atoms. The van der Waals surface area contributed by atoms with Crippen LogP contribution in [0.25, 0.3) is 0 Å². The van der Waals surface area contributed by atoms with Gasteiger partial charge in [-0.25, -0.2) is 4.98 Å². The van der Waals surface area contributed by atoms with Crippen molar-refractivity contribution in [2.45, 2.75) is 20.0 Å². The van der Waals surface area contributed by atoms with E-state index in [-0.39, 0.29) is 0 Å². The molecule has 1 aromatic carbocycles. The number of hydrogen-bond acceptors (Lipinski definition) is 3. The summed E-state index contributed by atoms with van der Waals surface area (Å²) >= 11 is 0. The van der Waals surface area contributed by atoms with E-state index < -0.39 is 0 Å². The number of ether oxygens (including phenoxy) is 1. The molecule has 0 fully saturated rings. The van der Waals surface area contributed by atoms with Gasteiger partial charge in [-0.15, -0.1) is 0 Å². The monoisotopic (exact) mass is 231 g/mol. The van der Waals surface area contributed by atoms with E-state index in [0.29, 0.717) is 6.54 Å². The lowest BCUT2D eigenvalue weighted by Gasteiger charge is -2.06. The first kappa shape index (κ1) is 11.7. The van der Waals surface area contributed by atoms with E-state index in [9.17, 15) is 0 Å². The van der Waals surface area contributed by atoms with Gasteiger partial charge in [-0.2, -0.15) is 0 Å². The van der Waals surface area contributed by atoms with Crippen molar-refractivity contribution in [2.24, 2.45) is 5.73 Å². The van der Waals surface area contributed by atoms with Gasteiger partial charge in [0.25, 0.3) is 0 Å². The highest BCUT2D eigenvalue weighted by Gasteiger charge is 2.04. The van der Waals surface area contributed by atoms with Gasteiger partial charge in [-0.3, -0.25) is 0 Å². The van der Waals surface area contributed by atoms with Crippen LogP contribution in [0.15, 0.2) is 30.5 Å². The molecule has 0 unspecified atom stereocenters. The van der Waals surface area contributed by atoms with Gasteiger partial charge < -0.3 is 15.0 Å². The van der Waals surface area contributed by atoms with E-state index in [2.05, 4.69) is 15.6 Å². The van der Waals surface area contributed by atoms with E-state index in [1.165, 1.54) is 5.56 Å². The minimum absolute atomic E-state index is 0.478. The number of nitrogens with two attached hydrogens (primary N) is 1. The number of hydrogen-bond donors (Lipinski definition) is 1. The van der Waals surface area contributed by atoms with Gasteiger partial charge in [0, 0.05) is 19.3 Å². The van der Waals surface area contributed by atoms with Crippen LogP contribution in [-0.2, 0) is 13.1 Å². The summed E-state index contributed by atoms with van der Waals surface area (Å²) in [4.78, 5) is 4.37. The van der Waals surface area contributed by atoms with Crippen LogP contribution in [0.1, 0.15) is 17.1 Å². The molecule has 0 radical (unpaired) electrons. The van der Waals surface area contributed by atoms with Crippen molar-refractivity contribution < 1.29 is 4.74 Å². The molecule has 1 aromatic heterocycles. The summed E-state index contributed by atoms with van der Waals surface area (Å²) in [7, 11) is 1.67. The van der Waals surface area contributed by atoms with Crippen LogP contribution in [0.5, 0.6) is 5.75 Å². The first-order chi connectivity index (χ1) is 8.22. The molecule has 0 atom stereocenters. The van der Waals surface area contributed by atoms with E-state index >= 15 is 0 Å². The Hall–Kier alpha value is -1.81. The van der Waals surface area contributed by atoms with Crippen molar-refractivity contribution in [3.05, 3.63) is 47.5 Å². The van der Waals surface area contributed by atoms with Crippen LogP contribution in [0.4, 0.5) is 0 Å². The third-order valence-corrected chi connectivity index (χ3v) is 2.72. The van der Waals surface area contributed by atoms with Crippen molar-refractivity contribution in [3.8, 4) is 5.75 Å². The number of aromatic nitrogens is 2. The Morgan fingerprint density at radius 2 is 2.24 bits per heavy atom. The molecule has 4 nitrogen and oxygen atoms in total. The number of benzene rings is 1. The summed E-state index contributed by atoms with van der Waals surface area (Å²) in [5, 5.41) is 0. The molecular weight excluding hydrogens is 214 g/mol. The second kappa shape index (κ2) is 5.01. The maximum absolute atomic E-state index is 5.58. The Balaban J connectivity index is 2.21. The lowest BCUT2D eigenvalue weighted by molar-refractivity contribution is 0.414. The molecule has 0 aliphatic carbocycles. The van der Waals surface area contributed by atoms with Gasteiger partial charge in [0.2, 0.25) is 0 Å². The summed E-state index contributed by atoms with van der Waals surface area (Å²) in [6.07, 6.45) is 1.99. The number of rotatable bonds is 4. The molecule has 2 aromatic rings. The molecule has 0 spiro atoms. The third-order valence-electron chi connectivity index (χ3n) is 2.72. The molecule has 0 saturated heterocycles. The first-order valence-corrected chi connectivity index (χ1v) is 5.58. The molecular formula is C13H17N3O. The van der Waals surface area contributed by atoms with Gasteiger partial charge in [0.1, 0.15) is 11.6 Å². The molecule has 0 aliphatic rings. The molecule has 2 N–H and O–H groups in total. The zero-order valence-corrected chi connectivity index (χ0v) is 10.2. The Labute approximate surface area is 101 Å². The highest BCUT2D eigenvalue weighted by molar-refractivity contribution is 5.28. The standard InChI is InChI=1S/C13H17N3O/c1-10-15-12(7-14)9-16(10)8-11-4-3-5-13(6-11)17-2/h3-6,9H,7-8,14H2,1-2H3. The normalized spacial score (nSPS) is 10.5.